The Kier molecular flexibility index (Phi) is 3.57. The standard InChI is InChI=1S/C3H8FOS/c1-6(2)5-3-4/h3H2,1-2H3/q+1. The summed E-state index contributed by atoms with van der Waals surface area (Å²) in [6.07, 6.45) is 3.64. The molecule has 0 rings (SSSR count). The van der Waals surface area contributed by atoms with Gasteiger partial charge in [-0.25, -0.2) is 4.39 Å². The van der Waals surface area contributed by atoms with E-state index in [4.69, 9.17) is 0 Å². The lowest BCUT2D eigenvalue weighted by atomic mass is 11.6. The summed E-state index contributed by atoms with van der Waals surface area (Å²) >= 11 is -0.191. The van der Waals surface area contributed by atoms with Gasteiger partial charge in [-0.05, 0) is 0 Å². The van der Waals surface area contributed by atoms with Crippen LogP contribution in [-0.2, 0) is 15.4 Å². The molecular formula is C3H8FOS+. The molecule has 6 heavy (non-hydrogen) atoms. The largest absolute Gasteiger partial charge is 0.242 e. The van der Waals surface area contributed by atoms with E-state index in [-0.39, 0.29) is 11.2 Å². The highest BCUT2D eigenvalue weighted by molar-refractivity contribution is 7.90. The average Bonchev–Trinajstić information content (AvgIpc) is 1.35. The molecule has 0 heterocycles. The third-order valence-electron chi connectivity index (χ3n) is 0.280. The molecule has 0 amide bonds. The maximum absolute atomic E-state index is 11.0. The Balaban J connectivity index is 2.63. The highest BCUT2D eigenvalue weighted by atomic mass is 32.2. The molecule has 0 aromatic heterocycles. The number of alkyl halides is 1. The summed E-state index contributed by atoms with van der Waals surface area (Å²) in [7, 11) is 0. The average molecular weight is 111 g/mol. The fraction of sp³-hybridized carbons (Fsp3) is 1.00. The highest BCUT2D eigenvalue weighted by Gasteiger charge is 1.98. The van der Waals surface area contributed by atoms with Crippen LogP contribution in [0.3, 0.4) is 0 Å². The van der Waals surface area contributed by atoms with Gasteiger partial charge in [-0.3, -0.25) is 0 Å². The van der Waals surface area contributed by atoms with E-state index in [1.54, 1.807) is 0 Å². The van der Waals surface area contributed by atoms with E-state index in [2.05, 4.69) is 4.18 Å². The molecule has 0 spiro atoms. The minimum absolute atomic E-state index is 0.191. The summed E-state index contributed by atoms with van der Waals surface area (Å²) in [6.45, 7) is -0.657. The molecule has 3 heteroatoms. The van der Waals surface area contributed by atoms with Crippen molar-refractivity contribution >= 4 is 11.2 Å². The van der Waals surface area contributed by atoms with E-state index in [0.29, 0.717) is 0 Å². The zero-order valence-corrected chi connectivity index (χ0v) is 4.72. The van der Waals surface area contributed by atoms with Gasteiger partial charge in [0.25, 0.3) is 0 Å². The van der Waals surface area contributed by atoms with E-state index in [9.17, 15) is 4.39 Å². The van der Waals surface area contributed by atoms with Crippen LogP contribution in [0.4, 0.5) is 4.39 Å². The minimum Gasteiger partial charge on any atom is -0.214 e. The molecule has 0 bridgehead atoms. The lowest BCUT2D eigenvalue weighted by Crippen LogP contribution is -1.98. The summed E-state index contributed by atoms with van der Waals surface area (Å²) in [5, 5.41) is 0. The fourth-order valence-corrected chi connectivity index (χ4v) is 0.267. The van der Waals surface area contributed by atoms with Gasteiger partial charge in [0.1, 0.15) is 23.7 Å². The van der Waals surface area contributed by atoms with Crippen LogP contribution < -0.4 is 0 Å². The predicted octanol–water partition coefficient (Wildman–Crippen LogP) is 0.723. The monoisotopic (exact) mass is 111 g/mol. The molecule has 0 aliphatic carbocycles. The lowest BCUT2D eigenvalue weighted by Gasteiger charge is -1.84. The van der Waals surface area contributed by atoms with Crippen molar-refractivity contribution in [2.75, 3.05) is 19.4 Å². The Morgan fingerprint density at radius 3 is 2.17 bits per heavy atom. The van der Waals surface area contributed by atoms with Crippen molar-refractivity contribution in [2.45, 2.75) is 0 Å². The molecular weight excluding hydrogens is 103 g/mol. The van der Waals surface area contributed by atoms with Crippen LogP contribution in [0.15, 0.2) is 0 Å². The quantitative estimate of drug-likeness (QED) is 0.477. The number of halogens is 1. The fourth-order valence-electron chi connectivity index (χ4n) is 0.0891. The summed E-state index contributed by atoms with van der Waals surface area (Å²) < 4.78 is 15.4. The molecule has 0 fully saturated rings. The van der Waals surface area contributed by atoms with Crippen molar-refractivity contribution in [2.24, 2.45) is 0 Å². The Bertz CT molecular complexity index is 32.0. The van der Waals surface area contributed by atoms with Crippen LogP contribution in [0.5, 0.6) is 0 Å². The third kappa shape index (κ3) is 4.24. The van der Waals surface area contributed by atoms with Gasteiger partial charge in [-0.2, -0.15) is 0 Å². The minimum atomic E-state index is -0.657. The molecule has 0 saturated carbocycles. The van der Waals surface area contributed by atoms with Gasteiger partial charge in [0.15, 0.2) is 0 Å². The molecule has 0 aromatic carbocycles. The van der Waals surface area contributed by atoms with E-state index in [1.165, 1.54) is 0 Å². The molecule has 0 unspecified atom stereocenters. The van der Waals surface area contributed by atoms with Crippen molar-refractivity contribution in [3.8, 4) is 0 Å². The van der Waals surface area contributed by atoms with Crippen molar-refractivity contribution in [1.29, 1.82) is 0 Å². The maximum atomic E-state index is 11.0. The summed E-state index contributed by atoms with van der Waals surface area (Å²) in [6, 6.07) is 0. The maximum Gasteiger partial charge on any atom is 0.242 e. The first-order valence-corrected chi connectivity index (χ1v) is 3.51. The van der Waals surface area contributed by atoms with Crippen LogP contribution in [0.25, 0.3) is 0 Å². The van der Waals surface area contributed by atoms with Crippen molar-refractivity contribution < 1.29 is 8.57 Å². The van der Waals surface area contributed by atoms with E-state index in [1.807, 2.05) is 12.5 Å². The summed E-state index contributed by atoms with van der Waals surface area (Å²) in [5.74, 6) is 0. The van der Waals surface area contributed by atoms with Gasteiger partial charge in [0.2, 0.25) is 6.86 Å². The zero-order chi connectivity index (χ0) is 4.99. The molecule has 0 aliphatic heterocycles. The summed E-state index contributed by atoms with van der Waals surface area (Å²) in [5.41, 5.74) is 0. The lowest BCUT2D eigenvalue weighted by molar-refractivity contribution is 0.219. The highest BCUT2D eigenvalue weighted by Crippen LogP contribution is 1.84. The van der Waals surface area contributed by atoms with Gasteiger partial charge in [-0.1, -0.05) is 0 Å². The third-order valence-corrected chi connectivity index (χ3v) is 0.841. The van der Waals surface area contributed by atoms with Gasteiger partial charge in [0, 0.05) is 0 Å². The van der Waals surface area contributed by atoms with Gasteiger partial charge in [0.05, 0.1) is 0 Å². The van der Waals surface area contributed by atoms with Gasteiger partial charge < -0.3 is 0 Å². The number of hydrogen-bond acceptors (Lipinski definition) is 1. The molecule has 38 valence electrons. The summed E-state index contributed by atoms with van der Waals surface area (Å²) in [4.78, 5) is 0. The molecule has 0 N–H and O–H groups in total. The van der Waals surface area contributed by atoms with Gasteiger partial charge >= 0.3 is 0 Å². The Morgan fingerprint density at radius 2 is 2.17 bits per heavy atom. The molecule has 0 atom stereocenters. The smallest absolute Gasteiger partial charge is 0.214 e. The second-order valence-electron chi connectivity index (χ2n) is 0.969. The predicted molar refractivity (Wildman–Crippen MR) is 26.3 cm³/mol. The first-order valence-electron chi connectivity index (χ1n) is 1.54. The first kappa shape index (κ1) is 6.24. The molecule has 0 saturated heterocycles. The molecule has 0 aliphatic rings. The molecule has 0 radical (unpaired) electrons. The van der Waals surface area contributed by atoms with Crippen molar-refractivity contribution in [3.05, 3.63) is 0 Å². The zero-order valence-electron chi connectivity index (χ0n) is 3.90. The Labute approximate surface area is 40.0 Å². The van der Waals surface area contributed by atoms with E-state index in [0.717, 1.165) is 0 Å². The number of rotatable bonds is 2. The molecule has 0 aromatic rings. The second kappa shape index (κ2) is 3.43. The van der Waals surface area contributed by atoms with Crippen molar-refractivity contribution in [1.82, 2.24) is 0 Å². The van der Waals surface area contributed by atoms with E-state index >= 15 is 0 Å². The van der Waals surface area contributed by atoms with Crippen molar-refractivity contribution in [3.63, 3.8) is 0 Å². The van der Waals surface area contributed by atoms with Crippen LogP contribution in [0, 0.1) is 0 Å². The van der Waals surface area contributed by atoms with Crippen LogP contribution >= 0.6 is 0 Å². The normalized spacial score (nSPS) is 10.0. The van der Waals surface area contributed by atoms with Crippen LogP contribution in [-0.4, -0.2) is 19.4 Å². The number of hydrogen-bond donors (Lipinski definition) is 0. The Hall–Kier alpha value is 0.240. The topological polar surface area (TPSA) is 9.23 Å². The van der Waals surface area contributed by atoms with Crippen LogP contribution in [0.1, 0.15) is 0 Å². The SMILES string of the molecule is C[S+](C)OCF. The van der Waals surface area contributed by atoms with Crippen LogP contribution in [0.2, 0.25) is 0 Å². The Morgan fingerprint density at radius 1 is 1.67 bits per heavy atom. The molecule has 1 nitrogen and oxygen atoms in total. The first-order chi connectivity index (χ1) is 2.77. The van der Waals surface area contributed by atoms with Gasteiger partial charge in [-0.15, -0.1) is 4.18 Å². The van der Waals surface area contributed by atoms with E-state index < -0.39 is 6.86 Å². The second-order valence-corrected chi connectivity index (χ2v) is 2.69.